The molecule has 1 aromatic heterocycles. The Morgan fingerprint density at radius 1 is 0.825 bits per heavy atom. The van der Waals surface area contributed by atoms with Crippen LogP contribution in [0.1, 0.15) is 93.8 Å². The molecule has 0 radical (unpaired) electrons. The highest BCUT2D eigenvalue weighted by Crippen LogP contribution is 2.31. The van der Waals surface area contributed by atoms with Crippen molar-refractivity contribution in [3.8, 4) is 0 Å². The lowest BCUT2D eigenvalue weighted by atomic mass is 9.79. The minimum Gasteiger partial charge on any atom is -0.481 e. The fourth-order valence-electron chi connectivity index (χ4n) is 4.95. The highest BCUT2D eigenvalue weighted by molar-refractivity contribution is 5.94. The van der Waals surface area contributed by atoms with Gasteiger partial charge in [-0.15, -0.1) is 0 Å². The number of pyridine rings is 1. The van der Waals surface area contributed by atoms with Crippen molar-refractivity contribution in [2.24, 2.45) is 5.41 Å². The molecule has 5 nitrogen and oxygen atoms in total. The van der Waals surface area contributed by atoms with Crippen molar-refractivity contribution in [2.45, 2.75) is 85.0 Å². The second kappa shape index (κ2) is 15.8. The normalized spacial score (nSPS) is 11.6. The summed E-state index contributed by atoms with van der Waals surface area (Å²) in [6, 6.07) is 22.7. The van der Waals surface area contributed by atoms with Gasteiger partial charge in [0.15, 0.2) is 0 Å². The van der Waals surface area contributed by atoms with Gasteiger partial charge >= 0.3 is 5.97 Å². The van der Waals surface area contributed by atoms with Gasteiger partial charge in [0.2, 0.25) is 5.91 Å². The Labute approximate surface area is 239 Å². The number of hydrogen-bond donors (Lipinski definition) is 2. The van der Waals surface area contributed by atoms with Crippen LogP contribution in [0, 0.1) is 5.41 Å². The largest absolute Gasteiger partial charge is 0.481 e. The molecule has 1 heterocycles. The molecule has 212 valence electrons. The smallest absolute Gasteiger partial charge is 0.310 e. The molecule has 0 aliphatic carbocycles. The van der Waals surface area contributed by atoms with Gasteiger partial charge in [-0.2, -0.15) is 0 Å². The minimum absolute atomic E-state index is 0.0427. The summed E-state index contributed by atoms with van der Waals surface area (Å²) in [6.07, 6.45) is 12.8. The molecule has 0 saturated heterocycles. The Kier molecular flexibility index (Phi) is 12.1. The van der Waals surface area contributed by atoms with Crippen LogP contribution in [0.2, 0.25) is 0 Å². The molecule has 0 unspecified atom stereocenters. The van der Waals surface area contributed by atoms with Crippen molar-refractivity contribution in [2.75, 3.05) is 5.32 Å². The van der Waals surface area contributed by atoms with Crippen molar-refractivity contribution in [1.82, 2.24) is 4.98 Å². The van der Waals surface area contributed by atoms with Gasteiger partial charge in [-0.25, -0.2) is 0 Å². The van der Waals surface area contributed by atoms with Crippen LogP contribution in [-0.4, -0.2) is 22.0 Å². The number of aliphatic carboxylic acids is 1. The van der Waals surface area contributed by atoms with Crippen molar-refractivity contribution < 1.29 is 14.7 Å². The number of aryl methyl sites for hydroxylation is 3. The Morgan fingerprint density at radius 3 is 2.17 bits per heavy atom. The third-order valence-electron chi connectivity index (χ3n) is 7.83. The lowest BCUT2D eigenvalue weighted by molar-refractivity contribution is -0.151. The summed E-state index contributed by atoms with van der Waals surface area (Å²) in [6.45, 7) is 5.82. The molecule has 0 fully saturated rings. The maximum absolute atomic E-state index is 12.6. The van der Waals surface area contributed by atoms with Gasteiger partial charge in [0.05, 0.1) is 11.1 Å². The molecular formula is C35H44N2O3. The number of amides is 1. The SMILES string of the molecule is CCc1ccc(CCCCCCc2cccc(/C=C/c3cccc(NC(=O)CC(CC)(CC)C(=O)O)c3)n2)cc1. The van der Waals surface area contributed by atoms with Crippen LogP contribution in [0.3, 0.4) is 0 Å². The first-order valence-corrected chi connectivity index (χ1v) is 14.7. The van der Waals surface area contributed by atoms with Crippen LogP contribution < -0.4 is 5.32 Å². The molecule has 0 aliphatic rings. The number of benzene rings is 2. The summed E-state index contributed by atoms with van der Waals surface area (Å²) in [4.78, 5) is 29.2. The van der Waals surface area contributed by atoms with Gasteiger partial charge in [-0.3, -0.25) is 14.6 Å². The highest BCUT2D eigenvalue weighted by Gasteiger charge is 2.37. The number of carbonyl (C=O) groups is 2. The monoisotopic (exact) mass is 540 g/mol. The van der Waals surface area contributed by atoms with E-state index in [4.69, 9.17) is 4.98 Å². The van der Waals surface area contributed by atoms with Crippen LogP contribution in [0.15, 0.2) is 66.7 Å². The van der Waals surface area contributed by atoms with Crippen LogP contribution >= 0.6 is 0 Å². The molecule has 0 aliphatic heterocycles. The summed E-state index contributed by atoms with van der Waals surface area (Å²) >= 11 is 0. The predicted octanol–water partition coefficient (Wildman–Crippen LogP) is 8.38. The summed E-state index contributed by atoms with van der Waals surface area (Å²) < 4.78 is 0. The molecule has 3 rings (SSSR count). The summed E-state index contributed by atoms with van der Waals surface area (Å²) in [5.74, 6) is -1.21. The Bertz CT molecular complexity index is 1260. The Morgan fingerprint density at radius 2 is 1.50 bits per heavy atom. The predicted molar refractivity (Wildman–Crippen MR) is 165 cm³/mol. The summed E-state index contributed by atoms with van der Waals surface area (Å²) in [7, 11) is 0. The molecule has 0 bridgehead atoms. The lowest BCUT2D eigenvalue weighted by Gasteiger charge is -2.25. The molecule has 0 spiro atoms. The Hall–Kier alpha value is -3.73. The summed E-state index contributed by atoms with van der Waals surface area (Å²) in [5, 5.41) is 12.5. The van der Waals surface area contributed by atoms with Crippen LogP contribution in [-0.2, 0) is 28.9 Å². The van der Waals surface area contributed by atoms with Crippen LogP contribution in [0.4, 0.5) is 5.69 Å². The molecule has 1 amide bonds. The van der Waals surface area contributed by atoms with Crippen LogP contribution in [0.25, 0.3) is 12.2 Å². The van der Waals surface area contributed by atoms with E-state index in [9.17, 15) is 14.7 Å². The number of nitrogens with one attached hydrogen (secondary N) is 1. The second-order valence-electron chi connectivity index (χ2n) is 10.6. The zero-order valence-electron chi connectivity index (χ0n) is 24.3. The minimum atomic E-state index is -1.03. The lowest BCUT2D eigenvalue weighted by Crippen LogP contribution is -2.34. The number of hydrogen-bond acceptors (Lipinski definition) is 3. The number of rotatable bonds is 16. The molecule has 2 N–H and O–H groups in total. The number of aromatic nitrogens is 1. The fourth-order valence-corrected chi connectivity index (χ4v) is 4.95. The first kappa shape index (κ1) is 30.8. The quantitative estimate of drug-likeness (QED) is 0.179. The molecule has 40 heavy (non-hydrogen) atoms. The maximum atomic E-state index is 12.6. The third kappa shape index (κ3) is 9.48. The van der Waals surface area contributed by atoms with E-state index in [-0.39, 0.29) is 12.3 Å². The van der Waals surface area contributed by atoms with Crippen molar-refractivity contribution >= 4 is 29.7 Å². The number of unbranched alkanes of at least 4 members (excludes halogenated alkanes) is 3. The summed E-state index contributed by atoms with van der Waals surface area (Å²) in [5.41, 5.74) is 5.39. The second-order valence-corrected chi connectivity index (χ2v) is 10.6. The van der Waals surface area contributed by atoms with Crippen molar-refractivity contribution in [3.05, 3.63) is 94.8 Å². The van der Waals surface area contributed by atoms with Gasteiger partial charge < -0.3 is 10.4 Å². The van der Waals surface area contributed by atoms with Gasteiger partial charge in [-0.1, -0.05) is 82.2 Å². The van der Waals surface area contributed by atoms with E-state index < -0.39 is 11.4 Å². The molecule has 2 aromatic carbocycles. The number of carboxylic acid groups (broad SMARTS) is 1. The molecule has 0 saturated carbocycles. The van der Waals surface area contributed by atoms with Gasteiger partial charge in [0.25, 0.3) is 0 Å². The van der Waals surface area contributed by atoms with E-state index in [2.05, 4.69) is 48.6 Å². The van der Waals surface area contributed by atoms with E-state index in [0.717, 1.165) is 42.6 Å². The standard InChI is InChI=1S/C35H44N2O3/c1-4-27-19-21-28(22-20-27)13-9-7-8-10-15-30-16-12-17-31(36-30)24-23-29-14-11-18-32(25-29)37-33(38)26-35(5-2,6-3)34(39)40/h11-12,14,16-25H,4-10,13,15,26H2,1-3H3,(H,37,38)(H,39,40)/b24-23+. The molecule has 0 atom stereocenters. The first-order valence-electron chi connectivity index (χ1n) is 14.7. The molecule has 3 aromatic rings. The zero-order chi connectivity index (χ0) is 28.8. The van der Waals surface area contributed by atoms with Gasteiger partial charge in [-0.05, 0) is 92.0 Å². The van der Waals surface area contributed by atoms with E-state index in [1.54, 1.807) is 0 Å². The number of carbonyl (C=O) groups excluding carboxylic acids is 1. The van der Waals surface area contributed by atoms with Gasteiger partial charge in [0.1, 0.15) is 0 Å². The van der Waals surface area contributed by atoms with E-state index in [1.807, 2.05) is 56.3 Å². The first-order chi connectivity index (χ1) is 19.4. The van der Waals surface area contributed by atoms with Gasteiger partial charge in [0, 0.05) is 17.8 Å². The van der Waals surface area contributed by atoms with E-state index in [0.29, 0.717) is 18.5 Å². The number of carboxylic acids is 1. The maximum Gasteiger partial charge on any atom is 0.310 e. The number of anilines is 1. The van der Waals surface area contributed by atoms with Crippen molar-refractivity contribution in [3.63, 3.8) is 0 Å². The zero-order valence-corrected chi connectivity index (χ0v) is 24.3. The van der Waals surface area contributed by atoms with Crippen LogP contribution in [0.5, 0.6) is 0 Å². The average Bonchev–Trinajstić information content (AvgIpc) is 2.97. The van der Waals surface area contributed by atoms with E-state index in [1.165, 1.54) is 30.4 Å². The molecular weight excluding hydrogens is 496 g/mol. The topological polar surface area (TPSA) is 79.3 Å². The number of nitrogens with zero attached hydrogens (tertiary/aromatic N) is 1. The Balaban J connectivity index is 1.46. The highest BCUT2D eigenvalue weighted by atomic mass is 16.4. The average molecular weight is 541 g/mol. The molecule has 5 heteroatoms. The van der Waals surface area contributed by atoms with Crippen molar-refractivity contribution in [1.29, 1.82) is 0 Å². The third-order valence-corrected chi connectivity index (χ3v) is 7.83. The van der Waals surface area contributed by atoms with E-state index >= 15 is 0 Å². The fraction of sp³-hybridized carbons (Fsp3) is 0.400.